The molecule has 7 heteroatoms. The minimum atomic E-state index is -1.16. The van der Waals surface area contributed by atoms with Gasteiger partial charge in [0.15, 0.2) is 6.17 Å². The number of aromatic nitrogens is 1. The summed E-state index contributed by atoms with van der Waals surface area (Å²) in [6.45, 7) is 0.181. The van der Waals surface area contributed by atoms with Crippen LogP contribution < -0.4 is 15.4 Å². The number of pyridine rings is 1. The molecule has 0 fully saturated rings. The van der Waals surface area contributed by atoms with Crippen LogP contribution in [0.1, 0.15) is 16.8 Å². The fourth-order valence-electron chi connectivity index (χ4n) is 3.31. The number of methoxy groups -OCH3 is 1. The lowest BCUT2D eigenvalue weighted by molar-refractivity contribution is -0.119. The van der Waals surface area contributed by atoms with Gasteiger partial charge in [-0.25, -0.2) is 4.39 Å². The van der Waals surface area contributed by atoms with Crippen LogP contribution in [0.15, 0.2) is 71.9 Å². The summed E-state index contributed by atoms with van der Waals surface area (Å²) in [6, 6.07) is 17.0. The van der Waals surface area contributed by atoms with Crippen molar-refractivity contribution in [2.75, 3.05) is 12.0 Å². The van der Waals surface area contributed by atoms with E-state index in [0.717, 1.165) is 0 Å². The first-order valence-electron chi connectivity index (χ1n) is 9.06. The van der Waals surface area contributed by atoms with Crippen LogP contribution in [-0.4, -0.2) is 29.9 Å². The molecule has 0 radical (unpaired) electrons. The van der Waals surface area contributed by atoms with E-state index in [4.69, 9.17) is 10.5 Å². The van der Waals surface area contributed by atoms with Gasteiger partial charge in [-0.05, 0) is 24.3 Å². The summed E-state index contributed by atoms with van der Waals surface area (Å²) in [4.78, 5) is 23.3. The van der Waals surface area contributed by atoms with Gasteiger partial charge in [0.05, 0.1) is 30.7 Å². The summed E-state index contributed by atoms with van der Waals surface area (Å²) < 4.78 is 19.8. The van der Waals surface area contributed by atoms with Gasteiger partial charge in [-0.1, -0.05) is 30.3 Å². The Hall–Kier alpha value is -3.58. The Morgan fingerprint density at radius 2 is 1.83 bits per heavy atom. The maximum Gasteiger partial charge on any atom is 0.266 e. The SMILES string of the molecule is COc1ccnc(CN2C(=O)C(N)N=C(c3ccccc3F)c3ccccc32)c1. The molecule has 1 aliphatic rings. The molecule has 2 heterocycles. The second-order valence-corrected chi connectivity index (χ2v) is 6.53. The fourth-order valence-corrected chi connectivity index (χ4v) is 3.31. The number of hydrogen-bond acceptors (Lipinski definition) is 5. The number of nitrogens with zero attached hydrogens (tertiary/aromatic N) is 3. The molecule has 2 aromatic carbocycles. The van der Waals surface area contributed by atoms with Crippen molar-refractivity contribution in [1.29, 1.82) is 0 Å². The first-order chi connectivity index (χ1) is 14.1. The molecule has 0 saturated carbocycles. The smallest absolute Gasteiger partial charge is 0.266 e. The summed E-state index contributed by atoms with van der Waals surface area (Å²) in [5, 5.41) is 0. The molecule has 2 N–H and O–H groups in total. The van der Waals surface area contributed by atoms with Gasteiger partial charge in [-0.2, -0.15) is 0 Å². The van der Waals surface area contributed by atoms with Crippen LogP contribution in [0.25, 0.3) is 0 Å². The van der Waals surface area contributed by atoms with E-state index in [0.29, 0.717) is 34.0 Å². The van der Waals surface area contributed by atoms with Crippen LogP contribution >= 0.6 is 0 Å². The molecular formula is C22H19FN4O2. The predicted molar refractivity (Wildman–Crippen MR) is 108 cm³/mol. The number of amides is 1. The zero-order valence-electron chi connectivity index (χ0n) is 15.7. The number of carbonyl (C=O) groups excluding carboxylic acids is 1. The highest BCUT2D eigenvalue weighted by molar-refractivity contribution is 6.20. The molecule has 4 rings (SSSR count). The number of benzene rings is 2. The van der Waals surface area contributed by atoms with Gasteiger partial charge in [0.2, 0.25) is 0 Å². The van der Waals surface area contributed by atoms with Crippen molar-refractivity contribution in [1.82, 2.24) is 4.98 Å². The maximum absolute atomic E-state index is 14.5. The predicted octanol–water partition coefficient (Wildman–Crippen LogP) is 2.90. The van der Waals surface area contributed by atoms with Crippen molar-refractivity contribution in [2.45, 2.75) is 12.7 Å². The highest BCUT2D eigenvalue weighted by atomic mass is 19.1. The lowest BCUT2D eigenvalue weighted by atomic mass is 9.99. The van der Waals surface area contributed by atoms with E-state index in [2.05, 4.69) is 9.98 Å². The van der Waals surface area contributed by atoms with E-state index >= 15 is 0 Å². The van der Waals surface area contributed by atoms with Crippen LogP contribution in [0.4, 0.5) is 10.1 Å². The summed E-state index contributed by atoms with van der Waals surface area (Å²) in [5.41, 5.74) is 8.59. The Balaban J connectivity index is 1.83. The summed E-state index contributed by atoms with van der Waals surface area (Å²) in [7, 11) is 1.57. The van der Waals surface area contributed by atoms with E-state index < -0.39 is 17.9 Å². The molecule has 3 aromatic rings. The zero-order valence-corrected chi connectivity index (χ0v) is 15.7. The zero-order chi connectivity index (χ0) is 20.4. The van der Waals surface area contributed by atoms with Gasteiger partial charge in [0.1, 0.15) is 11.6 Å². The summed E-state index contributed by atoms with van der Waals surface area (Å²) in [5.74, 6) is -0.185. The molecule has 1 aromatic heterocycles. The third kappa shape index (κ3) is 3.60. The van der Waals surface area contributed by atoms with E-state index in [1.165, 1.54) is 11.0 Å². The molecule has 1 amide bonds. The minimum Gasteiger partial charge on any atom is -0.497 e. The van der Waals surface area contributed by atoms with Gasteiger partial charge in [-0.15, -0.1) is 0 Å². The number of hydrogen-bond donors (Lipinski definition) is 1. The maximum atomic E-state index is 14.5. The van der Waals surface area contributed by atoms with Crippen molar-refractivity contribution in [3.8, 4) is 5.75 Å². The molecule has 1 atom stereocenters. The third-order valence-corrected chi connectivity index (χ3v) is 4.71. The molecule has 0 bridgehead atoms. The number of para-hydroxylation sites is 1. The molecule has 0 spiro atoms. The first-order valence-corrected chi connectivity index (χ1v) is 9.06. The highest BCUT2D eigenvalue weighted by Gasteiger charge is 2.31. The largest absolute Gasteiger partial charge is 0.497 e. The normalized spacial score (nSPS) is 16.1. The van der Waals surface area contributed by atoms with E-state index in [1.54, 1.807) is 55.8 Å². The number of carbonyl (C=O) groups is 1. The number of halogens is 1. The second kappa shape index (κ2) is 7.81. The number of fused-ring (bicyclic) bond motifs is 1. The molecule has 0 saturated heterocycles. The molecule has 6 nitrogen and oxygen atoms in total. The number of rotatable bonds is 4. The Bertz CT molecular complexity index is 1100. The molecule has 0 aliphatic carbocycles. The van der Waals surface area contributed by atoms with Crippen molar-refractivity contribution in [3.63, 3.8) is 0 Å². The highest BCUT2D eigenvalue weighted by Crippen LogP contribution is 2.30. The number of aliphatic imine (C=N–C) groups is 1. The Morgan fingerprint density at radius 3 is 2.59 bits per heavy atom. The fraction of sp³-hybridized carbons (Fsp3) is 0.136. The van der Waals surface area contributed by atoms with Crippen molar-refractivity contribution in [2.24, 2.45) is 10.7 Å². The number of ether oxygens (including phenoxy) is 1. The van der Waals surface area contributed by atoms with Crippen molar-refractivity contribution < 1.29 is 13.9 Å². The summed E-state index contributed by atoms with van der Waals surface area (Å²) in [6.07, 6.45) is 0.450. The molecule has 1 aliphatic heterocycles. The molecular weight excluding hydrogens is 371 g/mol. The first kappa shape index (κ1) is 18.8. The molecule has 29 heavy (non-hydrogen) atoms. The monoisotopic (exact) mass is 390 g/mol. The quantitative estimate of drug-likeness (QED) is 0.743. The van der Waals surface area contributed by atoms with Crippen LogP contribution in [0.5, 0.6) is 5.75 Å². The van der Waals surface area contributed by atoms with E-state index in [1.807, 2.05) is 12.1 Å². The standard InChI is InChI=1S/C22H19FN4O2/c1-29-15-10-11-25-14(12-15)13-27-19-9-5-3-7-17(19)20(26-21(24)22(27)28)16-6-2-4-8-18(16)23/h2-12,21H,13,24H2,1H3. The lowest BCUT2D eigenvalue weighted by Crippen LogP contribution is -2.42. The Kier molecular flexibility index (Phi) is 5.05. The molecule has 146 valence electrons. The van der Waals surface area contributed by atoms with Crippen LogP contribution in [-0.2, 0) is 11.3 Å². The number of benzodiazepines with no additional fused rings is 1. The van der Waals surface area contributed by atoms with Gasteiger partial charge in [0.25, 0.3) is 5.91 Å². The van der Waals surface area contributed by atoms with Crippen LogP contribution in [0.2, 0.25) is 0 Å². The number of anilines is 1. The van der Waals surface area contributed by atoms with E-state index in [9.17, 15) is 9.18 Å². The van der Waals surface area contributed by atoms with Gasteiger partial charge in [-0.3, -0.25) is 14.8 Å². The number of nitrogens with two attached hydrogens (primary N) is 1. The molecule has 1 unspecified atom stereocenters. The third-order valence-electron chi connectivity index (χ3n) is 4.71. The van der Waals surface area contributed by atoms with Crippen LogP contribution in [0, 0.1) is 5.82 Å². The van der Waals surface area contributed by atoms with Gasteiger partial charge in [0, 0.05) is 23.4 Å². The van der Waals surface area contributed by atoms with Gasteiger partial charge >= 0.3 is 0 Å². The minimum absolute atomic E-state index is 0.181. The van der Waals surface area contributed by atoms with Crippen LogP contribution in [0.3, 0.4) is 0 Å². The van der Waals surface area contributed by atoms with E-state index in [-0.39, 0.29) is 6.54 Å². The average molecular weight is 390 g/mol. The Morgan fingerprint density at radius 1 is 1.10 bits per heavy atom. The van der Waals surface area contributed by atoms with Crippen molar-refractivity contribution in [3.05, 3.63) is 89.5 Å². The average Bonchev–Trinajstić information content (AvgIpc) is 2.85. The topological polar surface area (TPSA) is 80.8 Å². The summed E-state index contributed by atoms with van der Waals surface area (Å²) >= 11 is 0. The second-order valence-electron chi connectivity index (χ2n) is 6.53. The Labute approximate surface area is 167 Å². The van der Waals surface area contributed by atoms with Gasteiger partial charge < -0.3 is 15.4 Å². The lowest BCUT2D eigenvalue weighted by Gasteiger charge is -2.24. The van der Waals surface area contributed by atoms with Crippen molar-refractivity contribution >= 4 is 17.3 Å².